The lowest BCUT2D eigenvalue weighted by Gasteiger charge is -2.35. The zero-order valence-electron chi connectivity index (χ0n) is 18.9. The van der Waals surface area contributed by atoms with Crippen molar-refractivity contribution in [3.8, 4) is 5.75 Å². The average Bonchev–Trinajstić information content (AvgIpc) is 3.25. The van der Waals surface area contributed by atoms with Crippen LogP contribution in [0.2, 0.25) is 5.02 Å². The topological polar surface area (TPSA) is 115 Å². The van der Waals surface area contributed by atoms with E-state index in [4.69, 9.17) is 16.3 Å². The molecule has 13 heteroatoms. The molecule has 4 rings (SSSR count). The molecule has 2 aromatic rings. The number of halogens is 4. The van der Waals surface area contributed by atoms with Crippen LogP contribution in [0.15, 0.2) is 42.9 Å². The van der Waals surface area contributed by atoms with Gasteiger partial charge in [0.1, 0.15) is 5.75 Å². The van der Waals surface area contributed by atoms with Gasteiger partial charge in [0.05, 0.1) is 30.0 Å². The fourth-order valence-electron chi connectivity index (χ4n) is 4.02. The van der Waals surface area contributed by atoms with Gasteiger partial charge >= 0.3 is 6.36 Å². The van der Waals surface area contributed by atoms with Gasteiger partial charge in [-0.2, -0.15) is 5.10 Å². The van der Waals surface area contributed by atoms with Crippen LogP contribution in [-0.2, 0) is 9.53 Å². The minimum absolute atomic E-state index is 0.0528. The van der Waals surface area contributed by atoms with Crippen molar-refractivity contribution < 1.29 is 37.3 Å². The first-order chi connectivity index (χ1) is 17.0. The molecule has 0 unspecified atom stereocenters. The summed E-state index contributed by atoms with van der Waals surface area (Å²) in [5.41, 5.74) is 1.12. The molecule has 1 aliphatic heterocycles. The Kier molecular flexibility index (Phi) is 7.57. The highest BCUT2D eigenvalue weighted by Gasteiger charge is 2.41. The van der Waals surface area contributed by atoms with Gasteiger partial charge in [-0.1, -0.05) is 18.2 Å². The van der Waals surface area contributed by atoms with E-state index in [2.05, 4.69) is 27.0 Å². The molecular weight excluding hydrogens is 505 g/mol. The van der Waals surface area contributed by atoms with E-state index in [1.165, 1.54) is 17.1 Å². The number of ether oxygens (including phenoxy) is 2. The fourth-order valence-corrected chi connectivity index (χ4v) is 4.20. The average molecular weight is 529 g/mol. The molecule has 0 saturated heterocycles. The Balaban J connectivity index is 1.18. The first-order valence-electron chi connectivity index (χ1n) is 11.2. The van der Waals surface area contributed by atoms with Gasteiger partial charge in [0, 0.05) is 41.9 Å². The number of carbonyl (C=O) groups is 2. The number of fused-ring (bicyclic) bond motifs is 1. The highest BCUT2D eigenvalue weighted by molar-refractivity contribution is 6.30. The predicted octanol–water partition coefficient (Wildman–Crippen LogP) is 3.41. The Morgan fingerprint density at radius 1 is 1.31 bits per heavy atom. The molecule has 1 aliphatic carbocycles. The summed E-state index contributed by atoms with van der Waals surface area (Å²) in [5, 5.41) is 20.1. The van der Waals surface area contributed by atoms with Crippen LogP contribution >= 0.6 is 11.6 Å². The van der Waals surface area contributed by atoms with Crippen LogP contribution in [-0.4, -0.2) is 51.8 Å². The lowest BCUT2D eigenvalue weighted by molar-refractivity contribution is -0.353. The van der Waals surface area contributed by atoms with E-state index in [-0.39, 0.29) is 43.8 Å². The highest BCUT2D eigenvalue weighted by Crippen LogP contribution is 2.38. The summed E-state index contributed by atoms with van der Waals surface area (Å²) >= 11 is 5.94. The van der Waals surface area contributed by atoms with Crippen molar-refractivity contribution in [1.29, 1.82) is 0 Å². The molecule has 0 spiro atoms. The van der Waals surface area contributed by atoms with Crippen molar-refractivity contribution in [2.45, 2.75) is 56.4 Å². The van der Waals surface area contributed by atoms with Crippen molar-refractivity contribution in [2.24, 2.45) is 0 Å². The molecule has 2 amide bonds. The van der Waals surface area contributed by atoms with Gasteiger partial charge < -0.3 is 20.5 Å². The molecule has 9 nitrogen and oxygen atoms in total. The third kappa shape index (κ3) is 6.37. The van der Waals surface area contributed by atoms with Crippen molar-refractivity contribution in [1.82, 2.24) is 20.4 Å². The number of nitrogens with one attached hydrogen (secondary N) is 2. The summed E-state index contributed by atoms with van der Waals surface area (Å²) in [4.78, 5) is 24.9. The number of nitrogens with zero attached hydrogens (tertiary/aromatic N) is 2. The lowest BCUT2D eigenvalue weighted by atomic mass is 9.89. The Bertz CT molecular complexity index is 1150. The van der Waals surface area contributed by atoms with Crippen molar-refractivity contribution in [3.05, 3.63) is 59.0 Å². The maximum Gasteiger partial charge on any atom is 0.522 e. The number of hydrogen-bond acceptors (Lipinski definition) is 6. The molecule has 0 radical (unpaired) electrons. The van der Waals surface area contributed by atoms with Crippen LogP contribution in [0.5, 0.6) is 5.75 Å². The van der Waals surface area contributed by atoms with E-state index in [9.17, 15) is 27.9 Å². The van der Waals surface area contributed by atoms with Crippen LogP contribution in [0, 0.1) is 0 Å². The smallest absolute Gasteiger partial charge is 0.480 e. The first kappa shape index (κ1) is 26.0. The van der Waals surface area contributed by atoms with Gasteiger partial charge in [-0.25, -0.2) is 0 Å². The number of alkyl halides is 3. The number of amides is 2. The second-order valence-electron chi connectivity index (χ2n) is 8.66. The number of carbonyl (C=O) groups excluding carboxylic acids is 2. The zero-order valence-corrected chi connectivity index (χ0v) is 19.7. The molecule has 36 heavy (non-hydrogen) atoms. The predicted molar refractivity (Wildman–Crippen MR) is 121 cm³/mol. The van der Waals surface area contributed by atoms with Crippen LogP contribution in [0.4, 0.5) is 13.2 Å². The molecule has 2 atom stereocenters. The minimum Gasteiger partial charge on any atom is -0.480 e. The van der Waals surface area contributed by atoms with Gasteiger partial charge in [-0.15, -0.1) is 13.2 Å². The quantitative estimate of drug-likeness (QED) is 0.484. The van der Waals surface area contributed by atoms with Crippen LogP contribution in [0.3, 0.4) is 0 Å². The summed E-state index contributed by atoms with van der Waals surface area (Å²) in [6.45, 7) is 3.96. The Morgan fingerprint density at radius 3 is 2.78 bits per heavy atom. The number of benzene rings is 1. The second-order valence-corrected chi connectivity index (χ2v) is 9.10. The molecule has 2 aliphatic rings. The monoisotopic (exact) mass is 528 g/mol. The molecule has 3 N–H and O–H groups in total. The van der Waals surface area contributed by atoms with Gasteiger partial charge in [0.15, 0.2) is 6.10 Å². The van der Waals surface area contributed by atoms with Crippen molar-refractivity contribution >= 4 is 23.4 Å². The van der Waals surface area contributed by atoms with E-state index in [1.54, 1.807) is 18.2 Å². The summed E-state index contributed by atoms with van der Waals surface area (Å²) in [7, 11) is 0. The lowest BCUT2D eigenvalue weighted by Crippen LogP contribution is -2.41. The molecule has 1 fully saturated rings. The van der Waals surface area contributed by atoms with Crippen LogP contribution in [0.25, 0.3) is 0 Å². The zero-order chi connectivity index (χ0) is 26.0. The Morgan fingerprint density at radius 2 is 2.06 bits per heavy atom. The highest BCUT2D eigenvalue weighted by atomic mass is 35.5. The summed E-state index contributed by atoms with van der Waals surface area (Å²) in [6.07, 6.45) is -3.99. The standard InChI is InChI=1S/C23H24ClF3N4O5/c1-12(30-22(34)20-9-18(32)17-6-14(24)2-3-19(17)35-20)4-5-28-21(33)13-10-29-31(11-13)15-7-16(8-15)36-23(25,26)27/h2-3,6,10-11,15-16,18,20,32H,1,4-5,7-9H2,(H,28,33)(H,30,34)/t15-,16+,18-,20-/m1/s1. The third-order valence-electron chi connectivity index (χ3n) is 5.95. The number of aliphatic hydroxyl groups is 1. The summed E-state index contributed by atoms with van der Waals surface area (Å²) < 4.78 is 47.8. The van der Waals surface area contributed by atoms with E-state index in [1.807, 2.05) is 0 Å². The summed E-state index contributed by atoms with van der Waals surface area (Å²) in [5.74, 6) is -0.514. The molecule has 1 saturated carbocycles. The normalized spacial score (nSPS) is 23.1. The number of aliphatic hydroxyl groups excluding tert-OH is 1. The van der Waals surface area contributed by atoms with Crippen molar-refractivity contribution in [2.75, 3.05) is 6.54 Å². The molecule has 2 heterocycles. The Hall–Kier alpha value is -3.09. The second kappa shape index (κ2) is 10.5. The number of rotatable bonds is 8. The molecule has 0 bridgehead atoms. The van der Waals surface area contributed by atoms with Crippen molar-refractivity contribution in [3.63, 3.8) is 0 Å². The van der Waals surface area contributed by atoms with Gasteiger partial charge in [-0.05, 0) is 31.0 Å². The van der Waals surface area contributed by atoms with E-state index in [0.29, 0.717) is 22.0 Å². The van der Waals surface area contributed by atoms with Crippen LogP contribution < -0.4 is 15.4 Å². The van der Waals surface area contributed by atoms with Gasteiger partial charge in [0.25, 0.3) is 11.8 Å². The molecule has 194 valence electrons. The molecular formula is C23H24ClF3N4O5. The third-order valence-corrected chi connectivity index (χ3v) is 6.19. The minimum atomic E-state index is -4.67. The van der Waals surface area contributed by atoms with Gasteiger partial charge in [0.2, 0.25) is 0 Å². The Labute approximate surface area is 209 Å². The first-order valence-corrected chi connectivity index (χ1v) is 11.6. The SMILES string of the molecule is C=C(CCNC(=O)c1cnn([C@H]2C[C@@H](OC(F)(F)F)C2)c1)NC(=O)[C@H]1C[C@@H](O)c2cc(Cl)ccc2O1. The van der Waals surface area contributed by atoms with E-state index >= 15 is 0 Å². The fraction of sp³-hybridized carbons (Fsp3) is 0.435. The van der Waals surface area contributed by atoms with E-state index < -0.39 is 36.5 Å². The largest absolute Gasteiger partial charge is 0.522 e. The molecule has 1 aromatic heterocycles. The molecule has 1 aromatic carbocycles. The van der Waals surface area contributed by atoms with E-state index in [0.717, 1.165) is 0 Å². The van der Waals surface area contributed by atoms with Gasteiger partial charge in [-0.3, -0.25) is 19.0 Å². The van der Waals surface area contributed by atoms with Crippen LogP contribution in [0.1, 0.15) is 53.8 Å². The number of hydrogen-bond donors (Lipinski definition) is 3. The maximum absolute atomic E-state index is 12.5. The summed E-state index contributed by atoms with van der Waals surface area (Å²) in [6, 6.07) is 4.52. The maximum atomic E-state index is 12.5. The number of aromatic nitrogens is 2.